The number of carboxylic acid groups (broad SMARTS) is 1. The number of nitrogens with one attached hydrogen (secondary N) is 1. The van der Waals surface area contributed by atoms with Gasteiger partial charge in [0.25, 0.3) is 0 Å². The molecule has 0 bridgehead atoms. The van der Waals surface area contributed by atoms with E-state index in [2.05, 4.69) is 52.9 Å². The quantitative estimate of drug-likeness (QED) is 0.0507. The number of aromatic nitrogens is 6. The Balaban J connectivity index is 0.000000202. The molecule has 0 fully saturated rings. The van der Waals surface area contributed by atoms with Crippen molar-refractivity contribution in [1.82, 2.24) is 29.1 Å². The van der Waals surface area contributed by atoms with E-state index < -0.39 is 17.7 Å². The molecule has 76 heavy (non-hydrogen) atoms. The van der Waals surface area contributed by atoms with Crippen LogP contribution in [0.2, 0.25) is 0 Å². The summed E-state index contributed by atoms with van der Waals surface area (Å²) in [5, 5.41) is 15.4. The fraction of sp³-hybridized carbons (Fsp3) is 0.327. The first-order valence-corrected chi connectivity index (χ1v) is 29.9. The lowest BCUT2D eigenvalue weighted by Gasteiger charge is -2.22. The van der Waals surface area contributed by atoms with Crippen molar-refractivity contribution in [2.75, 3.05) is 11.9 Å². The molecule has 0 aliphatic rings. The number of thiophene rings is 2. The number of fused-ring (bicyclic) bond motifs is 2. The first kappa shape index (κ1) is 59.4. The second-order valence-corrected chi connectivity index (χ2v) is 27.7. The van der Waals surface area contributed by atoms with E-state index in [0.29, 0.717) is 25.2 Å². The van der Waals surface area contributed by atoms with Crippen molar-refractivity contribution in [1.29, 1.82) is 0 Å². The van der Waals surface area contributed by atoms with Crippen molar-refractivity contribution in [2.45, 2.75) is 106 Å². The normalized spacial score (nSPS) is 11.6. The fourth-order valence-corrected chi connectivity index (χ4v) is 13.1. The van der Waals surface area contributed by atoms with Gasteiger partial charge in [0.15, 0.2) is 23.2 Å². The van der Waals surface area contributed by atoms with E-state index in [1.165, 1.54) is 22.7 Å². The minimum atomic E-state index is -0.971. The van der Waals surface area contributed by atoms with Crippen LogP contribution in [-0.4, -0.2) is 85.2 Å². The van der Waals surface area contributed by atoms with Gasteiger partial charge in [-0.15, -0.1) is 22.7 Å². The lowest BCUT2D eigenvalue weighted by Crippen LogP contribution is -2.27. The number of ketones is 3. The number of benzene rings is 2. The summed E-state index contributed by atoms with van der Waals surface area (Å²) in [5.74, 6) is -0.138. The van der Waals surface area contributed by atoms with Gasteiger partial charge in [0.05, 0.1) is 10.6 Å². The van der Waals surface area contributed by atoms with Crippen LogP contribution in [0.3, 0.4) is 0 Å². The molecule has 0 saturated carbocycles. The molecule has 8 aromatic rings. The first-order chi connectivity index (χ1) is 35.9. The van der Waals surface area contributed by atoms with Gasteiger partial charge < -0.3 is 24.7 Å². The van der Waals surface area contributed by atoms with Crippen molar-refractivity contribution in [2.24, 2.45) is 19.8 Å². The van der Waals surface area contributed by atoms with Crippen LogP contribution in [0.1, 0.15) is 119 Å². The number of anilines is 1. The summed E-state index contributed by atoms with van der Waals surface area (Å²) in [6.07, 6.45) is 8.02. The number of Topliss-reactive ketones (excluding diaryl/α,β-unsaturated/α-hetero) is 3. The van der Waals surface area contributed by atoms with E-state index in [9.17, 15) is 24.0 Å². The molecule has 15 nitrogen and oxygen atoms in total. The van der Waals surface area contributed by atoms with Crippen LogP contribution in [0.15, 0.2) is 120 Å². The van der Waals surface area contributed by atoms with Gasteiger partial charge >= 0.3 is 12.1 Å². The highest BCUT2D eigenvalue weighted by Crippen LogP contribution is 2.43. The van der Waals surface area contributed by atoms with Gasteiger partial charge in [-0.1, -0.05) is 45.9 Å². The average molecular weight is 1140 g/mol. The van der Waals surface area contributed by atoms with Crippen LogP contribution >= 0.6 is 65.8 Å². The predicted molar refractivity (Wildman–Crippen MR) is 314 cm³/mol. The molecular formula is C55H62N8O7S6. The number of rotatable bonds is 19. The number of aryl methyl sites for hydroxylation is 3. The van der Waals surface area contributed by atoms with Crippen LogP contribution in [0.5, 0.6) is 0 Å². The summed E-state index contributed by atoms with van der Waals surface area (Å²) in [5.41, 5.74) is 7.49. The average Bonchev–Trinajstić information content (AvgIpc) is 4.17. The van der Waals surface area contributed by atoms with Crippen molar-refractivity contribution in [3.63, 3.8) is 0 Å². The van der Waals surface area contributed by atoms with E-state index in [1.807, 2.05) is 86.9 Å². The number of carbonyl (C=O) groups is 5. The van der Waals surface area contributed by atoms with Crippen LogP contribution in [0.4, 0.5) is 10.6 Å². The van der Waals surface area contributed by atoms with Gasteiger partial charge in [-0.2, -0.15) is 0 Å². The maximum Gasteiger partial charge on any atom is 0.413 e. The molecular weight excluding hydrogens is 1080 g/mol. The Morgan fingerprint density at radius 1 is 0.671 bits per heavy atom. The summed E-state index contributed by atoms with van der Waals surface area (Å²) in [4.78, 5) is 79.4. The molecule has 0 unspecified atom stereocenters. The third-order valence-electron chi connectivity index (χ3n) is 10.8. The highest BCUT2D eigenvalue weighted by atomic mass is 33.1. The molecule has 0 radical (unpaired) electrons. The zero-order valence-corrected chi connectivity index (χ0v) is 48.9. The van der Waals surface area contributed by atoms with Gasteiger partial charge in [0, 0.05) is 83.6 Å². The number of hydrogen-bond acceptors (Lipinski definition) is 17. The number of imidazole rings is 2. The molecule has 0 saturated heterocycles. The number of amides is 1. The monoisotopic (exact) mass is 1140 g/mol. The third-order valence-corrected chi connectivity index (χ3v) is 19.6. The third kappa shape index (κ3) is 18.2. The maximum atomic E-state index is 12.9. The number of nitrogens with zero attached hydrogens (tertiary/aromatic N) is 6. The SMILES string of the molecule is CC(C)(CN)SSc1ccccn1.Cc1cn(C)c(C(=O)Cc2ccc3sc(C(=O)CCC(C)(C)SSc4ccccn4)cc3c2)n1.Cn1cc(NC(=O)OC(C)(C)C)nc1C(=O)Cc1ccc2sc(C(=O)O)cc2c1. The van der Waals surface area contributed by atoms with E-state index in [1.54, 1.807) is 117 Å². The molecule has 21 heteroatoms. The summed E-state index contributed by atoms with van der Waals surface area (Å²) >= 11 is 2.71. The summed E-state index contributed by atoms with van der Waals surface area (Å²) in [6.45, 7) is 16.4. The Kier molecular flexibility index (Phi) is 20.7. The van der Waals surface area contributed by atoms with Crippen molar-refractivity contribution in [3.05, 3.63) is 148 Å². The Bertz CT molecular complexity index is 3310. The number of pyridine rings is 2. The zero-order valence-electron chi connectivity index (χ0n) is 44.0. The molecule has 400 valence electrons. The summed E-state index contributed by atoms with van der Waals surface area (Å²) in [7, 11) is 10.3. The molecule has 6 aromatic heterocycles. The summed E-state index contributed by atoms with van der Waals surface area (Å²) in [6, 6.07) is 26.8. The molecule has 8 rings (SSSR count). The minimum Gasteiger partial charge on any atom is -0.477 e. The van der Waals surface area contributed by atoms with Crippen LogP contribution in [-0.2, 0) is 31.7 Å². The number of aromatic carboxylic acids is 1. The lowest BCUT2D eigenvalue weighted by molar-refractivity contribution is 0.0633. The van der Waals surface area contributed by atoms with Crippen molar-refractivity contribution < 1.29 is 33.8 Å². The van der Waals surface area contributed by atoms with Crippen molar-refractivity contribution >= 4 is 121 Å². The molecule has 0 aliphatic carbocycles. The van der Waals surface area contributed by atoms with Gasteiger partial charge in [0.2, 0.25) is 11.6 Å². The molecule has 2 aromatic carbocycles. The highest BCUT2D eigenvalue weighted by molar-refractivity contribution is 8.77. The van der Waals surface area contributed by atoms with Gasteiger partial charge in [-0.05, 0) is 166 Å². The largest absolute Gasteiger partial charge is 0.477 e. The van der Waals surface area contributed by atoms with E-state index in [4.69, 9.17) is 15.6 Å². The number of hydrogen-bond donors (Lipinski definition) is 3. The van der Waals surface area contributed by atoms with Crippen LogP contribution in [0, 0.1) is 6.92 Å². The first-order valence-electron chi connectivity index (χ1n) is 24.0. The number of carbonyl (C=O) groups excluding carboxylic acids is 4. The highest BCUT2D eigenvalue weighted by Gasteiger charge is 2.24. The van der Waals surface area contributed by atoms with Gasteiger partial charge in [0.1, 0.15) is 20.5 Å². The Labute approximate surface area is 466 Å². The Morgan fingerprint density at radius 2 is 1.18 bits per heavy atom. The maximum absolute atomic E-state index is 12.9. The predicted octanol–water partition coefficient (Wildman–Crippen LogP) is 13.6. The number of carboxylic acids is 1. The number of nitrogens with two attached hydrogens (primary N) is 1. The van der Waals surface area contributed by atoms with Crippen LogP contribution in [0.25, 0.3) is 20.2 Å². The number of ether oxygens (including phenoxy) is 1. The lowest BCUT2D eigenvalue weighted by atomic mass is 10.0. The van der Waals surface area contributed by atoms with Crippen LogP contribution < -0.4 is 11.1 Å². The fourth-order valence-electron chi connectivity index (χ4n) is 6.96. The summed E-state index contributed by atoms with van der Waals surface area (Å²) < 4.78 is 10.5. The molecule has 0 spiro atoms. The minimum absolute atomic E-state index is 0.00946. The molecule has 6 heterocycles. The molecule has 0 atom stereocenters. The smallest absolute Gasteiger partial charge is 0.413 e. The van der Waals surface area contributed by atoms with E-state index in [-0.39, 0.29) is 49.8 Å². The standard InChI is InChI=1S/C26H27N3O2S3.C20H21N3O5S.C9H14N2S2/c1-17-16-29(4)25(28-17)21(31)14-18-8-9-22-19(13-18)15-23(32-22)20(30)10-11-26(2,3)34-33-24-7-5-6-12-27-24;1-20(2,3)28-19(27)22-16-10-23(4)17(21-16)13(24)8-11-5-6-14-12(7-11)9-15(29-14)18(25)26;1-9(2,7-10)13-12-8-5-3-4-6-11-8/h5-9,12-13,15-16H,10-11,14H2,1-4H3;5-7,9-10H,8H2,1-4H3,(H,22,27)(H,25,26);3-6H,7,10H2,1-2H3. The zero-order chi connectivity index (χ0) is 55.4. The molecule has 0 aliphatic heterocycles. The second kappa shape index (κ2) is 26.5. The molecule has 1 amide bonds. The van der Waals surface area contributed by atoms with Crippen molar-refractivity contribution in [3.8, 4) is 0 Å². The van der Waals surface area contributed by atoms with Gasteiger partial charge in [-0.3, -0.25) is 19.7 Å². The van der Waals surface area contributed by atoms with E-state index >= 15 is 0 Å². The topological polar surface area (TPSA) is 214 Å². The van der Waals surface area contributed by atoms with Gasteiger partial charge in [-0.25, -0.2) is 29.5 Å². The Morgan fingerprint density at radius 3 is 1.67 bits per heavy atom. The second-order valence-electron chi connectivity index (χ2n) is 19.8. The van der Waals surface area contributed by atoms with E-state index in [0.717, 1.165) is 58.3 Å². The molecule has 4 N–H and O–H groups in total. The Hall–Kier alpha value is -5.81.